The van der Waals surface area contributed by atoms with Gasteiger partial charge in [-0.1, -0.05) is 12.1 Å². The maximum atomic E-state index is 13.3. The minimum Gasteiger partial charge on any atom is -0.465 e. The van der Waals surface area contributed by atoms with E-state index in [4.69, 9.17) is 0 Å². The quantitative estimate of drug-likeness (QED) is 0.432. The number of esters is 1. The molecule has 15 heavy (non-hydrogen) atoms. The first-order chi connectivity index (χ1) is 7.19. The number of carbonyl (C=O) groups excluding carboxylic acids is 2. The van der Waals surface area contributed by atoms with Crippen LogP contribution in [0.4, 0.5) is 4.39 Å². The van der Waals surface area contributed by atoms with E-state index < -0.39 is 11.8 Å². The highest BCUT2D eigenvalue weighted by Gasteiger charge is 2.11. The van der Waals surface area contributed by atoms with Crippen LogP contribution in [0.25, 0.3) is 6.08 Å². The normalized spacial score (nSPS) is 10.3. The van der Waals surface area contributed by atoms with Crippen LogP contribution in [-0.4, -0.2) is 19.4 Å². The summed E-state index contributed by atoms with van der Waals surface area (Å²) in [7, 11) is 1.18. The molecule has 0 amide bonds. The highest BCUT2D eigenvalue weighted by Crippen LogP contribution is 2.12. The van der Waals surface area contributed by atoms with Gasteiger partial charge in [0.25, 0.3) is 0 Å². The van der Waals surface area contributed by atoms with Gasteiger partial charge in [-0.05, 0) is 23.8 Å². The summed E-state index contributed by atoms with van der Waals surface area (Å²) in [5, 5.41) is 0. The molecule has 0 spiro atoms. The number of benzene rings is 1. The van der Waals surface area contributed by atoms with Crippen LogP contribution in [0.2, 0.25) is 0 Å². The average molecular weight is 208 g/mol. The molecular weight excluding hydrogens is 199 g/mol. The Morgan fingerprint density at radius 3 is 2.73 bits per heavy atom. The van der Waals surface area contributed by atoms with Crippen molar-refractivity contribution in [2.45, 2.75) is 0 Å². The molecule has 0 heterocycles. The van der Waals surface area contributed by atoms with Crippen LogP contribution in [0.15, 0.2) is 24.3 Å². The number of hydrogen-bond acceptors (Lipinski definition) is 3. The predicted molar refractivity (Wildman–Crippen MR) is 52.8 cm³/mol. The first-order valence-electron chi connectivity index (χ1n) is 4.18. The summed E-state index contributed by atoms with van der Waals surface area (Å²) in [4.78, 5) is 21.1. The molecule has 0 aliphatic rings. The third-order valence-corrected chi connectivity index (χ3v) is 1.77. The van der Waals surface area contributed by atoms with Crippen LogP contribution in [0, 0.1) is 5.82 Å². The van der Waals surface area contributed by atoms with E-state index >= 15 is 0 Å². The molecule has 0 saturated heterocycles. The zero-order chi connectivity index (χ0) is 11.3. The van der Waals surface area contributed by atoms with E-state index in [1.807, 2.05) is 0 Å². The molecule has 0 aromatic heterocycles. The van der Waals surface area contributed by atoms with Crippen LogP contribution in [-0.2, 0) is 9.53 Å². The fourth-order valence-electron chi connectivity index (χ4n) is 1.06. The third-order valence-electron chi connectivity index (χ3n) is 1.77. The molecule has 4 heteroatoms. The summed E-state index contributed by atoms with van der Waals surface area (Å²) in [5.41, 5.74) is 0.382. The van der Waals surface area contributed by atoms with Gasteiger partial charge in [0, 0.05) is 0 Å². The molecule has 0 N–H and O–H groups in total. The van der Waals surface area contributed by atoms with Crippen molar-refractivity contribution < 1.29 is 18.7 Å². The number of allylic oxidation sites excluding steroid dienone is 1. The maximum Gasteiger partial charge on any atom is 0.340 e. The molecule has 78 valence electrons. The molecular formula is C11H9FO3. The van der Waals surface area contributed by atoms with E-state index in [0.29, 0.717) is 11.8 Å². The zero-order valence-corrected chi connectivity index (χ0v) is 8.07. The van der Waals surface area contributed by atoms with E-state index in [1.165, 1.54) is 31.4 Å². The van der Waals surface area contributed by atoms with E-state index in [1.54, 1.807) is 0 Å². The minimum absolute atomic E-state index is 0.124. The van der Waals surface area contributed by atoms with Crippen molar-refractivity contribution in [2.75, 3.05) is 7.11 Å². The van der Waals surface area contributed by atoms with Gasteiger partial charge in [-0.2, -0.15) is 0 Å². The smallest absolute Gasteiger partial charge is 0.340 e. The van der Waals surface area contributed by atoms with Crippen molar-refractivity contribution in [3.05, 3.63) is 41.2 Å². The zero-order valence-electron chi connectivity index (χ0n) is 8.07. The molecule has 1 aromatic carbocycles. The standard InChI is InChI=1S/C11H9FO3/c1-15-11(14)9-5-4-8(3-2-6-13)7-10(9)12/h2-7H,1H3. The van der Waals surface area contributed by atoms with Gasteiger partial charge in [-0.25, -0.2) is 9.18 Å². The van der Waals surface area contributed by atoms with Gasteiger partial charge in [0.15, 0.2) is 0 Å². The van der Waals surface area contributed by atoms with Crippen LogP contribution >= 0.6 is 0 Å². The van der Waals surface area contributed by atoms with Gasteiger partial charge in [0.1, 0.15) is 12.1 Å². The SMILES string of the molecule is COC(=O)c1ccc(C=CC=O)cc1F. The maximum absolute atomic E-state index is 13.3. The Labute approximate surface area is 86.2 Å². The Morgan fingerprint density at radius 1 is 1.47 bits per heavy atom. The number of aldehydes is 1. The van der Waals surface area contributed by atoms with Crippen molar-refractivity contribution in [3.8, 4) is 0 Å². The molecule has 1 aromatic rings. The molecule has 0 saturated carbocycles. The number of ether oxygens (including phenoxy) is 1. The van der Waals surface area contributed by atoms with Crippen LogP contribution in [0.3, 0.4) is 0 Å². The van der Waals surface area contributed by atoms with Crippen LogP contribution in [0.5, 0.6) is 0 Å². The number of rotatable bonds is 3. The lowest BCUT2D eigenvalue weighted by atomic mass is 10.1. The van der Waals surface area contributed by atoms with Gasteiger partial charge in [-0.15, -0.1) is 0 Å². The molecule has 1 rings (SSSR count). The molecule has 0 unspecified atom stereocenters. The first-order valence-corrected chi connectivity index (χ1v) is 4.18. The molecule has 3 nitrogen and oxygen atoms in total. The van der Waals surface area contributed by atoms with Gasteiger partial charge in [0.05, 0.1) is 12.7 Å². The average Bonchev–Trinajstić information content (AvgIpc) is 2.25. The third kappa shape index (κ3) is 2.74. The fourth-order valence-corrected chi connectivity index (χ4v) is 1.06. The molecule has 0 aliphatic heterocycles. The van der Waals surface area contributed by atoms with Gasteiger partial charge in [0.2, 0.25) is 0 Å². The first kappa shape index (κ1) is 11.1. The Balaban J connectivity index is 3.02. The minimum atomic E-state index is -0.724. The Morgan fingerprint density at radius 2 is 2.20 bits per heavy atom. The van der Waals surface area contributed by atoms with Gasteiger partial charge >= 0.3 is 5.97 Å². The van der Waals surface area contributed by atoms with Crippen molar-refractivity contribution in [1.29, 1.82) is 0 Å². The van der Waals surface area contributed by atoms with Gasteiger partial charge in [-0.3, -0.25) is 4.79 Å². The summed E-state index contributed by atoms with van der Waals surface area (Å²) < 4.78 is 17.7. The molecule has 0 bridgehead atoms. The van der Waals surface area contributed by atoms with E-state index in [2.05, 4.69) is 4.74 Å². The Bertz CT molecular complexity index is 410. The second-order valence-electron chi connectivity index (χ2n) is 2.73. The number of methoxy groups -OCH3 is 1. The monoisotopic (exact) mass is 208 g/mol. The van der Waals surface area contributed by atoms with Crippen LogP contribution in [0.1, 0.15) is 15.9 Å². The molecule has 0 atom stereocenters. The summed E-state index contributed by atoms with van der Waals surface area (Å²) in [6.07, 6.45) is 3.27. The number of hydrogen-bond donors (Lipinski definition) is 0. The molecule has 0 radical (unpaired) electrons. The lowest BCUT2D eigenvalue weighted by molar-refractivity contribution is -0.104. The highest BCUT2D eigenvalue weighted by atomic mass is 19.1. The lowest BCUT2D eigenvalue weighted by Crippen LogP contribution is -2.04. The molecule has 0 aliphatic carbocycles. The summed E-state index contributed by atoms with van der Waals surface area (Å²) in [6.45, 7) is 0. The second kappa shape index (κ2) is 5.05. The van der Waals surface area contributed by atoms with E-state index in [0.717, 1.165) is 6.07 Å². The van der Waals surface area contributed by atoms with Crippen molar-refractivity contribution in [3.63, 3.8) is 0 Å². The van der Waals surface area contributed by atoms with E-state index in [9.17, 15) is 14.0 Å². The largest absolute Gasteiger partial charge is 0.465 e. The van der Waals surface area contributed by atoms with Crippen molar-refractivity contribution in [1.82, 2.24) is 0 Å². The summed E-state index contributed by atoms with van der Waals surface area (Å²) in [6, 6.07) is 3.99. The summed E-state index contributed by atoms with van der Waals surface area (Å²) >= 11 is 0. The van der Waals surface area contributed by atoms with Crippen LogP contribution < -0.4 is 0 Å². The number of carbonyl (C=O) groups is 2. The van der Waals surface area contributed by atoms with Crippen molar-refractivity contribution >= 4 is 18.3 Å². The topological polar surface area (TPSA) is 43.4 Å². The summed E-state index contributed by atoms with van der Waals surface area (Å²) in [5.74, 6) is -1.40. The Hall–Kier alpha value is -1.97. The Kier molecular flexibility index (Phi) is 3.74. The second-order valence-corrected chi connectivity index (χ2v) is 2.73. The lowest BCUT2D eigenvalue weighted by Gasteiger charge is -2.01. The predicted octanol–water partition coefficient (Wildman–Crippen LogP) is 1.82. The highest BCUT2D eigenvalue weighted by molar-refractivity contribution is 5.90. The fraction of sp³-hybridized carbons (Fsp3) is 0.0909. The molecule has 0 fully saturated rings. The van der Waals surface area contributed by atoms with Crippen molar-refractivity contribution in [2.24, 2.45) is 0 Å². The number of halogens is 1. The van der Waals surface area contributed by atoms with Gasteiger partial charge < -0.3 is 4.74 Å². The van der Waals surface area contributed by atoms with E-state index in [-0.39, 0.29) is 5.56 Å².